The first-order chi connectivity index (χ1) is 11.6. The number of carbonyl (C=O) groups excluding carboxylic acids is 3. The first kappa shape index (κ1) is 18.1. The molecule has 0 unspecified atom stereocenters. The second-order valence-electron chi connectivity index (χ2n) is 8.12. The van der Waals surface area contributed by atoms with Crippen molar-refractivity contribution >= 4 is 17.7 Å². The van der Waals surface area contributed by atoms with Crippen molar-refractivity contribution in [2.45, 2.75) is 58.2 Å². The Morgan fingerprint density at radius 2 is 2.08 bits per heavy atom. The van der Waals surface area contributed by atoms with Crippen molar-refractivity contribution in [3.8, 4) is 0 Å². The SMILES string of the molecule is C=C1C(=O)O[C@H]2[C@H]1CC[C@@H](COC(=O)C(C)C)[C@]1(C)CCC(=O)[C@]21O. The van der Waals surface area contributed by atoms with Gasteiger partial charge in [0.2, 0.25) is 0 Å². The number of hydrogen-bond donors (Lipinski definition) is 1. The van der Waals surface area contributed by atoms with Crippen LogP contribution in [0.5, 0.6) is 0 Å². The molecule has 0 aromatic heterocycles. The molecule has 5 atom stereocenters. The zero-order valence-electron chi connectivity index (χ0n) is 15.0. The van der Waals surface area contributed by atoms with Crippen LogP contribution in [0.15, 0.2) is 12.2 Å². The molecule has 2 saturated carbocycles. The summed E-state index contributed by atoms with van der Waals surface area (Å²) in [5, 5.41) is 11.5. The quantitative estimate of drug-likeness (QED) is 0.616. The molecule has 25 heavy (non-hydrogen) atoms. The average Bonchev–Trinajstić information content (AvgIpc) is 2.94. The van der Waals surface area contributed by atoms with E-state index in [1.807, 2.05) is 6.92 Å². The van der Waals surface area contributed by atoms with Crippen molar-refractivity contribution in [3.05, 3.63) is 12.2 Å². The number of ether oxygens (including phenoxy) is 2. The van der Waals surface area contributed by atoms with E-state index in [1.165, 1.54) is 0 Å². The molecule has 0 amide bonds. The predicted octanol–water partition coefficient (Wildman–Crippen LogP) is 1.79. The minimum atomic E-state index is -1.75. The lowest BCUT2D eigenvalue weighted by molar-refractivity contribution is -0.184. The second kappa shape index (κ2) is 5.94. The molecule has 1 heterocycles. The molecular weight excluding hydrogens is 324 g/mol. The van der Waals surface area contributed by atoms with E-state index in [2.05, 4.69) is 6.58 Å². The molecule has 2 aliphatic carbocycles. The van der Waals surface area contributed by atoms with Gasteiger partial charge in [0.25, 0.3) is 0 Å². The highest BCUT2D eigenvalue weighted by Crippen LogP contribution is 2.58. The highest BCUT2D eigenvalue weighted by atomic mass is 16.6. The average molecular weight is 350 g/mol. The first-order valence-corrected chi connectivity index (χ1v) is 8.95. The van der Waals surface area contributed by atoms with Gasteiger partial charge < -0.3 is 14.6 Å². The zero-order valence-corrected chi connectivity index (χ0v) is 15.0. The molecule has 6 nitrogen and oxygen atoms in total. The standard InChI is InChI=1S/C19H26O6/c1-10(2)16(21)24-9-12-5-6-13-11(3)17(22)25-15(13)19(23)14(20)7-8-18(12,19)4/h10,12-13,15,23H,3,5-9H2,1-2,4H3/t12-,13-,15-,18-,19-/m0/s1. The maximum atomic E-state index is 12.7. The van der Waals surface area contributed by atoms with Crippen LogP contribution in [-0.2, 0) is 23.9 Å². The lowest BCUT2D eigenvalue weighted by atomic mass is 9.64. The Labute approximate surface area is 147 Å². The van der Waals surface area contributed by atoms with Crippen molar-refractivity contribution in [2.24, 2.45) is 23.2 Å². The van der Waals surface area contributed by atoms with Crippen molar-refractivity contribution in [1.29, 1.82) is 0 Å². The fraction of sp³-hybridized carbons (Fsp3) is 0.737. The van der Waals surface area contributed by atoms with Crippen LogP contribution in [-0.4, -0.2) is 41.1 Å². The summed E-state index contributed by atoms with van der Waals surface area (Å²) in [7, 11) is 0. The largest absolute Gasteiger partial charge is 0.465 e. The van der Waals surface area contributed by atoms with Gasteiger partial charge in [-0.05, 0) is 19.3 Å². The first-order valence-electron chi connectivity index (χ1n) is 8.95. The summed E-state index contributed by atoms with van der Waals surface area (Å²) >= 11 is 0. The van der Waals surface area contributed by atoms with E-state index in [4.69, 9.17) is 9.47 Å². The number of esters is 2. The summed E-state index contributed by atoms with van der Waals surface area (Å²) in [6, 6.07) is 0. The van der Waals surface area contributed by atoms with Crippen LogP contribution < -0.4 is 0 Å². The highest BCUT2D eigenvalue weighted by Gasteiger charge is 2.69. The molecule has 3 fully saturated rings. The number of aliphatic hydroxyl groups is 1. The van der Waals surface area contributed by atoms with Crippen LogP contribution in [0.3, 0.4) is 0 Å². The number of hydrogen-bond acceptors (Lipinski definition) is 6. The molecule has 0 bridgehead atoms. The molecule has 1 N–H and O–H groups in total. The van der Waals surface area contributed by atoms with Crippen LogP contribution in [0.2, 0.25) is 0 Å². The molecule has 1 aliphatic heterocycles. The minimum Gasteiger partial charge on any atom is -0.465 e. The van der Waals surface area contributed by atoms with Gasteiger partial charge in [0.1, 0.15) is 6.10 Å². The second-order valence-corrected chi connectivity index (χ2v) is 8.12. The van der Waals surface area contributed by atoms with Gasteiger partial charge in [-0.3, -0.25) is 9.59 Å². The fourth-order valence-electron chi connectivity index (χ4n) is 4.70. The number of carbonyl (C=O) groups is 3. The third kappa shape index (κ3) is 2.45. The normalized spacial score (nSPS) is 40.5. The summed E-state index contributed by atoms with van der Waals surface area (Å²) in [4.78, 5) is 36.5. The Balaban J connectivity index is 1.94. The van der Waals surface area contributed by atoms with E-state index >= 15 is 0 Å². The summed E-state index contributed by atoms with van der Waals surface area (Å²) in [5.41, 5.74) is -2.23. The van der Waals surface area contributed by atoms with Gasteiger partial charge in [-0.25, -0.2) is 4.79 Å². The van der Waals surface area contributed by atoms with Gasteiger partial charge in [-0.1, -0.05) is 27.4 Å². The monoisotopic (exact) mass is 350 g/mol. The van der Waals surface area contributed by atoms with Crippen molar-refractivity contribution in [1.82, 2.24) is 0 Å². The topological polar surface area (TPSA) is 89.9 Å². The third-order valence-electron chi connectivity index (χ3n) is 6.51. The molecular formula is C19H26O6. The smallest absolute Gasteiger partial charge is 0.334 e. The lowest BCUT2D eigenvalue weighted by Gasteiger charge is -2.44. The third-order valence-corrected chi connectivity index (χ3v) is 6.51. The van der Waals surface area contributed by atoms with E-state index in [-0.39, 0.29) is 42.5 Å². The Kier molecular flexibility index (Phi) is 4.30. The van der Waals surface area contributed by atoms with Gasteiger partial charge in [0, 0.05) is 29.2 Å². The van der Waals surface area contributed by atoms with Crippen LogP contribution in [0.1, 0.15) is 46.5 Å². The van der Waals surface area contributed by atoms with Gasteiger partial charge in [-0.2, -0.15) is 0 Å². The maximum absolute atomic E-state index is 12.7. The van der Waals surface area contributed by atoms with Crippen LogP contribution >= 0.6 is 0 Å². The maximum Gasteiger partial charge on any atom is 0.334 e. The summed E-state index contributed by atoms with van der Waals surface area (Å²) in [6.45, 7) is 9.33. The van der Waals surface area contributed by atoms with Crippen molar-refractivity contribution < 1.29 is 29.0 Å². The van der Waals surface area contributed by atoms with E-state index in [9.17, 15) is 19.5 Å². The number of rotatable bonds is 3. The number of fused-ring (bicyclic) bond motifs is 3. The molecule has 3 rings (SSSR count). The molecule has 1 saturated heterocycles. The number of ketones is 1. The van der Waals surface area contributed by atoms with Crippen LogP contribution in [0, 0.1) is 23.2 Å². The Bertz CT molecular complexity index is 638. The Hall–Kier alpha value is -1.69. The molecule has 3 aliphatic rings. The Morgan fingerprint density at radius 1 is 1.40 bits per heavy atom. The van der Waals surface area contributed by atoms with Crippen molar-refractivity contribution in [3.63, 3.8) is 0 Å². The number of Topliss-reactive ketones (excluding diaryl/α,β-unsaturated/α-hetero) is 1. The van der Waals surface area contributed by atoms with Gasteiger partial charge >= 0.3 is 11.9 Å². The molecule has 138 valence electrons. The van der Waals surface area contributed by atoms with Crippen LogP contribution in [0.25, 0.3) is 0 Å². The van der Waals surface area contributed by atoms with E-state index in [1.54, 1.807) is 13.8 Å². The van der Waals surface area contributed by atoms with E-state index in [0.717, 1.165) is 0 Å². The van der Waals surface area contributed by atoms with Gasteiger partial charge in [-0.15, -0.1) is 0 Å². The highest BCUT2D eigenvalue weighted by molar-refractivity contribution is 5.96. The van der Waals surface area contributed by atoms with E-state index < -0.39 is 23.1 Å². The van der Waals surface area contributed by atoms with Crippen LogP contribution in [0.4, 0.5) is 0 Å². The lowest BCUT2D eigenvalue weighted by Crippen LogP contribution is -2.59. The molecule has 0 aromatic carbocycles. The predicted molar refractivity (Wildman–Crippen MR) is 88.3 cm³/mol. The summed E-state index contributed by atoms with van der Waals surface area (Å²) in [5.74, 6) is -1.90. The summed E-state index contributed by atoms with van der Waals surface area (Å²) < 4.78 is 10.8. The molecule has 0 spiro atoms. The Morgan fingerprint density at radius 3 is 2.72 bits per heavy atom. The van der Waals surface area contributed by atoms with E-state index in [0.29, 0.717) is 24.8 Å². The van der Waals surface area contributed by atoms with Crippen molar-refractivity contribution in [2.75, 3.05) is 6.61 Å². The molecule has 0 radical (unpaired) electrons. The minimum absolute atomic E-state index is 0.156. The molecule has 0 aromatic rings. The summed E-state index contributed by atoms with van der Waals surface area (Å²) in [6.07, 6.45) is 1.03. The van der Waals surface area contributed by atoms with Gasteiger partial charge in [0.15, 0.2) is 11.4 Å². The molecule has 6 heteroatoms. The fourth-order valence-corrected chi connectivity index (χ4v) is 4.70. The zero-order chi connectivity index (χ0) is 18.6. The van der Waals surface area contributed by atoms with Gasteiger partial charge in [0.05, 0.1) is 12.5 Å².